The fraction of sp³-hybridized carbons (Fsp3) is 0.400. The van der Waals surface area contributed by atoms with E-state index in [2.05, 4.69) is 89.3 Å². The molecule has 2 nitrogen and oxygen atoms in total. The second-order valence-corrected chi connectivity index (χ2v) is 7.00. The van der Waals surface area contributed by atoms with Crippen molar-refractivity contribution in [3.8, 4) is 0 Å². The second-order valence-electron chi connectivity index (χ2n) is 7.00. The van der Waals surface area contributed by atoms with Crippen molar-refractivity contribution < 1.29 is 0 Å². The molecule has 1 N–H and O–H groups in total. The molecule has 2 aromatic carbocycles. The Hall–Kier alpha value is -2.35. The molecule has 2 heteroatoms. The minimum absolute atomic E-state index is 1.00. The van der Waals surface area contributed by atoms with Crippen LogP contribution in [0, 0.1) is 0 Å². The van der Waals surface area contributed by atoms with E-state index in [1.54, 1.807) is 0 Å². The first-order valence-corrected chi connectivity index (χ1v) is 10.3. The van der Waals surface area contributed by atoms with Crippen molar-refractivity contribution in [3.63, 3.8) is 0 Å². The van der Waals surface area contributed by atoms with Crippen molar-refractivity contribution in [1.82, 2.24) is 0 Å². The Morgan fingerprint density at radius 1 is 0.778 bits per heavy atom. The third kappa shape index (κ3) is 5.32. The van der Waals surface area contributed by atoms with Crippen molar-refractivity contribution >= 4 is 17.1 Å². The Labute approximate surface area is 165 Å². The number of aryl methyl sites for hydroxylation is 4. The van der Waals surface area contributed by atoms with E-state index in [1.165, 1.54) is 27.9 Å². The lowest BCUT2D eigenvalue weighted by Crippen LogP contribution is -2.04. The molecule has 0 aromatic heterocycles. The molecule has 0 aliphatic heterocycles. The fourth-order valence-electron chi connectivity index (χ4n) is 3.52. The minimum atomic E-state index is 1.00. The standard InChI is InChI=1S/C25H34N2/c1-7-20-13-11-14-21(8-2)24(20)26-18(5)17-19(6)27-25-22(9-3)15-12-16-23(25)10-4/h11-17,26H,7-10H2,1-6H3. The van der Waals surface area contributed by atoms with Gasteiger partial charge >= 0.3 is 0 Å². The molecule has 0 heterocycles. The van der Waals surface area contributed by atoms with Gasteiger partial charge in [0.2, 0.25) is 0 Å². The van der Waals surface area contributed by atoms with Crippen molar-refractivity contribution in [2.75, 3.05) is 5.32 Å². The predicted molar refractivity (Wildman–Crippen MR) is 121 cm³/mol. The van der Waals surface area contributed by atoms with Gasteiger partial charge in [-0.2, -0.15) is 0 Å². The lowest BCUT2D eigenvalue weighted by molar-refractivity contribution is 1.08. The Bertz CT molecular complexity index is 784. The highest BCUT2D eigenvalue weighted by Gasteiger charge is 2.07. The smallest absolute Gasteiger partial charge is 0.0696 e. The summed E-state index contributed by atoms with van der Waals surface area (Å²) in [6.45, 7) is 13.0. The SMILES string of the molecule is CCc1cccc(CC)c1N=C(C)C=C(C)Nc1c(CC)cccc1CC. The van der Waals surface area contributed by atoms with Gasteiger partial charge in [0.15, 0.2) is 0 Å². The number of hydrogen-bond donors (Lipinski definition) is 1. The number of allylic oxidation sites excluding steroid dienone is 2. The molecule has 0 saturated heterocycles. The summed E-state index contributed by atoms with van der Waals surface area (Å²) < 4.78 is 0. The van der Waals surface area contributed by atoms with Crippen molar-refractivity contribution in [3.05, 3.63) is 70.4 Å². The third-order valence-electron chi connectivity index (χ3n) is 5.00. The molecule has 0 aliphatic rings. The van der Waals surface area contributed by atoms with Crippen LogP contribution in [-0.2, 0) is 25.7 Å². The molecule has 0 aliphatic carbocycles. The first kappa shape index (κ1) is 21.0. The number of nitrogens with zero attached hydrogens (tertiary/aromatic N) is 1. The zero-order chi connectivity index (χ0) is 19.8. The second kappa shape index (κ2) is 10.1. The summed E-state index contributed by atoms with van der Waals surface area (Å²) in [5, 5.41) is 3.64. The van der Waals surface area contributed by atoms with E-state index in [9.17, 15) is 0 Å². The molecular formula is C25H34N2. The summed E-state index contributed by atoms with van der Waals surface area (Å²) in [6.07, 6.45) is 6.22. The predicted octanol–water partition coefficient (Wildman–Crippen LogP) is 7.04. The van der Waals surface area contributed by atoms with E-state index >= 15 is 0 Å². The summed E-state index contributed by atoms with van der Waals surface area (Å²) in [4.78, 5) is 4.97. The monoisotopic (exact) mass is 362 g/mol. The third-order valence-corrected chi connectivity index (χ3v) is 5.00. The average molecular weight is 363 g/mol. The maximum absolute atomic E-state index is 4.97. The van der Waals surface area contributed by atoms with Crippen LogP contribution in [0.2, 0.25) is 0 Å². The highest BCUT2D eigenvalue weighted by atomic mass is 14.9. The van der Waals surface area contributed by atoms with Crippen LogP contribution in [0.4, 0.5) is 11.4 Å². The number of aliphatic imine (C=N–C) groups is 1. The fourth-order valence-corrected chi connectivity index (χ4v) is 3.52. The summed E-state index contributed by atoms with van der Waals surface area (Å²) in [5.74, 6) is 0. The average Bonchev–Trinajstić information content (AvgIpc) is 2.67. The molecule has 0 atom stereocenters. The van der Waals surface area contributed by atoms with Gasteiger partial charge in [0, 0.05) is 17.1 Å². The van der Waals surface area contributed by atoms with E-state index in [1.807, 2.05) is 0 Å². The Morgan fingerprint density at radius 2 is 1.22 bits per heavy atom. The molecule has 0 saturated carbocycles. The summed E-state index contributed by atoms with van der Waals surface area (Å²) >= 11 is 0. The van der Waals surface area contributed by atoms with Gasteiger partial charge in [-0.3, -0.25) is 4.99 Å². The largest absolute Gasteiger partial charge is 0.359 e. The van der Waals surface area contributed by atoms with Crippen LogP contribution < -0.4 is 5.32 Å². The normalized spacial score (nSPS) is 12.4. The maximum Gasteiger partial charge on any atom is 0.0696 e. The summed E-state index contributed by atoms with van der Waals surface area (Å²) in [7, 11) is 0. The van der Waals surface area contributed by atoms with Gasteiger partial charge in [0.1, 0.15) is 0 Å². The van der Waals surface area contributed by atoms with E-state index in [-0.39, 0.29) is 0 Å². The molecule has 0 bridgehead atoms. The number of benzene rings is 2. The van der Waals surface area contributed by atoms with E-state index in [0.29, 0.717) is 0 Å². The number of nitrogens with one attached hydrogen (secondary N) is 1. The zero-order valence-electron chi connectivity index (χ0n) is 17.8. The Morgan fingerprint density at radius 3 is 1.67 bits per heavy atom. The van der Waals surface area contributed by atoms with Gasteiger partial charge < -0.3 is 5.32 Å². The van der Waals surface area contributed by atoms with Gasteiger partial charge in [-0.25, -0.2) is 0 Å². The van der Waals surface area contributed by atoms with Crippen LogP contribution >= 0.6 is 0 Å². The molecule has 144 valence electrons. The van der Waals surface area contributed by atoms with E-state index in [0.717, 1.165) is 42.8 Å². The van der Waals surface area contributed by atoms with Gasteiger partial charge in [-0.1, -0.05) is 64.1 Å². The van der Waals surface area contributed by atoms with Crippen molar-refractivity contribution in [2.24, 2.45) is 4.99 Å². The van der Waals surface area contributed by atoms with Gasteiger partial charge in [0.05, 0.1) is 5.69 Å². The Balaban J connectivity index is 2.33. The lowest BCUT2D eigenvalue weighted by atomic mass is 10.0. The molecule has 2 rings (SSSR count). The molecule has 0 fully saturated rings. The minimum Gasteiger partial charge on any atom is -0.359 e. The molecular weight excluding hydrogens is 328 g/mol. The summed E-state index contributed by atoms with van der Waals surface area (Å²) in [6, 6.07) is 13.1. The summed E-state index contributed by atoms with van der Waals surface area (Å²) in [5.41, 5.74) is 9.92. The number of rotatable bonds is 8. The molecule has 0 spiro atoms. The quantitative estimate of drug-likeness (QED) is 0.500. The van der Waals surface area contributed by atoms with Crippen LogP contribution in [0.3, 0.4) is 0 Å². The number of para-hydroxylation sites is 2. The number of hydrogen-bond acceptors (Lipinski definition) is 2. The molecule has 0 radical (unpaired) electrons. The molecule has 2 aromatic rings. The number of anilines is 1. The maximum atomic E-state index is 4.97. The topological polar surface area (TPSA) is 24.4 Å². The van der Waals surface area contributed by atoms with Crippen LogP contribution in [0.5, 0.6) is 0 Å². The molecule has 0 amide bonds. The Kier molecular flexibility index (Phi) is 7.84. The van der Waals surface area contributed by atoms with Crippen molar-refractivity contribution in [2.45, 2.75) is 67.2 Å². The van der Waals surface area contributed by atoms with Gasteiger partial charge in [-0.05, 0) is 67.9 Å². The highest BCUT2D eigenvalue weighted by Crippen LogP contribution is 2.27. The van der Waals surface area contributed by atoms with Gasteiger partial charge in [-0.15, -0.1) is 0 Å². The van der Waals surface area contributed by atoms with Crippen molar-refractivity contribution in [1.29, 1.82) is 0 Å². The van der Waals surface area contributed by atoms with Crippen LogP contribution in [0.15, 0.2) is 53.2 Å². The van der Waals surface area contributed by atoms with Gasteiger partial charge in [0.25, 0.3) is 0 Å². The van der Waals surface area contributed by atoms with Crippen LogP contribution in [0.25, 0.3) is 0 Å². The lowest BCUT2D eigenvalue weighted by Gasteiger charge is -2.16. The van der Waals surface area contributed by atoms with Crippen LogP contribution in [0.1, 0.15) is 63.8 Å². The highest BCUT2D eigenvalue weighted by molar-refractivity contribution is 5.96. The molecule has 27 heavy (non-hydrogen) atoms. The van der Waals surface area contributed by atoms with E-state index in [4.69, 9.17) is 4.99 Å². The first-order chi connectivity index (χ1) is 13.0. The zero-order valence-corrected chi connectivity index (χ0v) is 17.8. The molecule has 0 unspecified atom stereocenters. The van der Waals surface area contributed by atoms with E-state index < -0.39 is 0 Å². The van der Waals surface area contributed by atoms with Crippen LogP contribution in [-0.4, -0.2) is 5.71 Å². The first-order valence-electron chi connectivity index (χ1n) is 10.3.